The molecule has 2 heterocycles. The normalized spacial score (nSPS) is 17.9. The molecule has 1 aliphatic heterocycles. The maximum Gasteiger partial charge on any atom is 0.267 e. The molecule has 0 radical (unpaired) electrons. The summed E-state index contributed by atoms with van der Waals surface area (Å²) >= 11 is 0. The zero-order valence-electron chi connectivity index (χ0n) is 8.76. The molecule has 0 saturated carbocycles. The van der Waals surface area contributed by atoms with Crippen molar-refractivity contribution in [3.05, 3.63) is 21.6 Å². The molecule has 0 fully saturated rings. The van der Waals surface area contributed by atoms with Crippen molar-refractivity contribution in [2.45, 2.75) is 39.3 Å². The number of aromatic amines is 1. The Labute approximate surface area is 83.3 Å². The average molecular weight is 195 g/mol. The largest absolute Gasteiger partial charge is 0.311 e. The molecule has 1 aromatic rings. The Morgan fingerprint density at radius 1 is 1.57 bits per heavy atom. The second-order valence-electron chi connectivity index (χ2n) is 3.92. The van der Waals surface area contributed by atoms with Gasteiger partial charge in [-0.1, -0.05) is 6.92 Å². The lowest BCUT2D eigenvalue weighted by Crippen LogP contribution is -2.27. The van der Waals surface area contributed by atoms with E-state index in [-0.39, 0.29) is 5.56 Å². The Morgan fingerprint density at radius 2 is 2.36 bits per heavy atom. The Kier molecular flexibility index (Phi) is 2.46. The van der Waals surface area contributed by atoms with Crippen LogP contribution >= 0.6 is 0 Å². The van der Waals surface area contributed by atoms with Crippen LogP contribution in [0.3, 0.4) is 0 Å². The van der Waals surface area contributed by atoms with Crippen LogP contribution in [-0.4, -0.2) is 16.3 Å². The van der Waals surface area contributed by atoms with Crippen LogP contribution in [0.1, 0.15) is 37.6 Å². The Hall–Kier alpha value is -1.03. The van der Waals surface area contributed by atoms with Crippen LogP contribution in [0.5, 0.6) is 0 Å². The zero-order chi connectivity index (χ0) is 10.1. The molecule has 1 atom stereocenters. The van der Waals surface area contributed by atoms with Gasteiger partial charge >= 0.3 is 0 Å². The van der Waals surface area contributed by atoms with E-state index in [0.29, 0.717) is 6.04 Å². The van der Waals surface area contributed by atoms with E-state index in [0.717, 1.165) is 37.2 Å². The number of H-pyrrole nitrogens is 1. The van der Waals surface area contributed by atoms with Crippen molar-refractivity contribution >= 4 is 0 Å². The van der Waals surface area contributed by atoms with E-state index in [2.05, 4.69) is 24.3 Å². The number of aromatic nitrogens is 2. The second kappa shape index (κ2) is 3.61. The molecule has 4 nitrogen and oxygen atoms in total. The SMILES string of the molecule is CC[C@H](C)n1[nH]c(=O)c2c1CNCC2. The second-order valence-corrected chi connectivity index (χ2v) is 3.92. The van der Waals surface area contributed by atoms with Gasteiger partial charge in [-0.3, -0.25) is 14.6 Å². The number of rotatable bonds is 2. The smallest absolute Gasteiger partial charge is 0.267 e. The van der Waals surface area contributed by atoms with Crippen LogP contribution in [0.15, 0.2) is 4.79 Å². The van der Waals surface area contributed by atoms with Crippen molar-refractivity contribution < 1.29 is 0 Å². The van der Waals surface area contributed by atoms with Crippen molar-refractivity contribution in [2.24, 2.45) is 0 Å². The third kappa shape index (κ3) is 1.39. The molecule has 2 rings (SSSR count). The van der Waals surface area contributed by atoms with Crippen molar-refractivity contribution in [1.29, 1.82) is 0 Å². The Morgan fingerprint density at radius 3 is 3.07 bits per heavy atom. The molecule has 4 heteroatoms. The number of nitrogens with zero attached hydrogens (tertiary/aromatic N) is 1. The van der Waals surface area contributed by atoms with Crippen LogP contribution in [0.2, 0.25) is 0 Å². The van der Waals surface area contributed by atoms with Crippen LogP contribution < -0.4 is 10.9 Å². The first-order chi connectivity index (χ1) is 6.74. The predicted molar refractivity (Wildman–Crippen MR) is 55.5 cm³/mol. The fourth-order valence-corrected chi connectivity index (χ4v) is 1.95. The molecule has 0 amide bonds. The maximum absolute atomic E-state index is 11.6. The topological polar surface area (TPSA) is 49.8 Å². The zero-order valence-corrected chi connectivity index (χ0v) is 8.76. The molecule has 0 aliphatic carbocycles. The van der Waals surface area contributed by atoms with Gasteiger partial charge in [0.05, 0.1) is 5.69 Å². The molecule has 1 aromatic heterocycles. The summed E-state index contributed by atoms with van der Waals surface area (Å²) in [6.07, 6.45) is 1.89. The third-order valence-corrected chi connectivity index (χ3v) is 3.01. The molecule has 2 N–H and O–H groups in total. The monoisotopic (exact) mass is 195 g/mol. The maximum atomic E-state index is 11.6. The minimum absolute atomic E-state index is 0.0989. The first-order valence-corrected chi connectivity index (χ1v) is 5.27. The first-order valence-electron chi connectivity index (χ1n) is 5.27. The van der Waals surface area contributed by atoms with Gasteiger partial charge in [0.1, 0.15) is 0 Å². The van der Waals surface area contributed by atoms with Gasteiger partial charge in [0.15, 0.2) is 0 Å². The van der Waals surface area contributed by atoms with E-state index in [4.69, 9.17) is 0 Å². The molecule has 0 spiro atoms. The van der Waals surface area contributed by atoms with Gasteiger partial charge in [0.25, 0.3) is 5.56 Å². The van der Waals surface area contributed by atoms with Crippen molar-refractivity contribution in [1.82, 2.24) is 15.1 Å². The summed E-state index contributed by atoms with van der Waals surface area (Å²) in [7, 11) is 0. The first kappa shape index (κ1) is 9.52. The third-order valence-electron chi connectivity index (χ3n) is 3.01. The Balaban J connectivity index is 2.46. The molecule has 1 aliphatic rings. The summed E-state index contributed by atoms with van der Waals surface area (Å²) in [6, 6.07) is 0.381. The average Bonchev–Trinajstić information content (AvgIpc) is 2.56. The van der Waals surface area contributed by atoms with Gasteiger partial charge in [-0.2, -0.15) is 0 Å². The van der Waals surface area contributed by atoms with Crippen molar-refractivity contribution in [3.8, 4) is 0 Å². The summed E-state index contributed by atoms with van der Waals surface area (Å²) < 4.78 is 2.02. The summed E-state index contributed by atoms with van der Waals surface area (Å²) in [6.45, 7) is 6.00. The fourth-order valence-electron chi connectivity index (χ4n) is 1.95. The van der Waals surface area contributed by atoms with Gasteiger partial charge in [-0.15, -0.1) is 0 Å². The van der Waals surface area contributed by atoms with Crippen LogP contribution in [0.4, 0.5) is 0 Å². The lowest BCUT2D eigenvalue weighted by atomic mass is 10.1. The van der Waals surface area contributed by atoms with E-state index < -0.39 is 0 Å². The van der Waals surface area contributed by atoms with Gasteiger partial charge in [0.2, 0.25) is 0 Å². The summed E-state index contributed by atoms with van der Waals surface area (Å²) in [5, 5.41) is 6.22. The number of nitrogens with one attached hydrogen (secondary N) is 2. The lowest BCUT2D eigenvalue weighted by molar-refractivity contribution is 0.444. The number of hydrogen-bond acceptors (Lipinski definition) is 2. The van der Waals surface area contributed by atoms with Crippen molar-refractivity contribution in [3.63, 3.8) is 0 Å². The molecule has 78 valence electrons. The number of fused-ring (bicyclic) bond motifs is 1. The summed E-state index contributed by atoms with van der Waals surface area (Å²) in [4.78, 5) is 11.6. The molecule has 0 aromatic carbocycles. The molecule has 0 unspecified atom stereocenters. The summed E-state index contributed by atoms with van der Waals surface area (Å²) in [5.74, 6) is 0. The van der Waals surface area contributed by atoms with Crippen LogP contribution in [-0.2, 0) is 13.0 Å². The minimum atomic E-state index is 0.0989. The van der Waals surface area contributed by atoms with Crippen LogP contribution in [0.25, 0.3) is 0 Å². The highest BCUT2D eigenvalue weighted by atomic mass is 16.1. The molecule has 0 saturated heterocycles. The standard InChI is InChI=1S/C10H17N3O/c1-3-7(2)13-9-6-11-5-4-8(9)10(14)12-13/h7,11H,3-6H2,1-2H3,(H,12,14)/t7-/m0/s1. The van der Waals surface area contributed by atoms with Crippen molar-refractivity contribution in [2.75, 3.05) is 6.54 Å². The fraction of sp³-hybridized carbons (Fsp3) is 0.700. The van der Waals surface area contributed by atoms with E-state index >= 15 is 0 Å². The molecule has 14 heavy (non-hydrogen) atoms. The highest BCUT2D eigenvalue weighted by Crippen LogP contribution is 2.16. The molecular weight excluding hydrogens is 178 g/mol. The highest BCUT2D eigenvalue weighted by Gasteiger charge is 2.19. The van der Waals surface area contributed by atoms with Gasteiger partial charge < -0.3 is 5.32 Å². The van der Waals surface area contributed by atoms with E-state index in [1.165, 1.54) is 0 Å². The highest BCUT2D eigenvalue weighted by molar-refractivity contribution is 5.21. The quantitative estimate of drug-likeness (QED) is 0.733. The minimum Gasteiger partial charge on any atom is -0.311 e. The predicted octanol–water partition coefficient (Wildman–Crippen LogP) is 0.793. The van der Waals surface area contributed by atoms with Gasteiger partial charge in [0, 0.05) is 18.2 Å². The molecule has 0 bridgehead atoms. The van der Waals surface area contributed by atoms with E-state index in [9.17, 15) is 4.79 Å². The van der Waals surface area contributed by atoms with E-state index in [1.807, 2.05) is 4.68 Å². The van der Waals surface area contributed by atoms with E-state index in [1.54, 1.807) is 0 Å². The van der Waals surface area contributed by atoms with Gasteiger partial charge in [-0.05, 0) is 26.3 Å². The lowest BCUT2D eigenvalue weighted by Gasteiger charge is -2.18. The Bertz CT molecular complexity index is 377. The summed E-state index contributed by atoms with van der Waals surface area (Å²) in [5.41, 5.74) is 2.22. The van der Waals surface area contributed by atoms with Crippen LogP contribution in [0, 0.1) is 0 Å². The van der Waals surface area contributed by atoms with Gasteiger partial charge in [-0.25, -0.2) is 0 Å². The number of hydrogen-bond donors (Lipinski definition) is 2. The molecular formula is C10H17N3O.